The van der Waals surface area contributed by atoms with Crippen molar-refractivity contribution < 1.29 is 14.6 Å². The van der Waals surface area contributed by atoms with Gasteiger partial charge in [-0.2, -0.15) is 0 Å². The molecule has 0 bridgehead atoms. The number of nitrogens with zero attached hydrogens (tertiary/aromatic N) is 1. The molecule has 4 heteroatoms. The number of hydrogen-bond acceptors (Lipinski definition) is 3. The fourth-order valence-electron chi connectivity index (χ4n) is 2.10. The van der Waals surface area contributed by atoms with E-state index in [4.69, 9.17) is 4.74 Å². The topological polar surface area (TPSA) is 59.4 Å². The molecule has 0 saturated carbocycles. The molecule has 0 aliphatic carbocycles. The maximum absolute atomic E-state index is 11.3. The second-order valence-corrected chi connectivity index (χ2v) is 4.61. The van der Waals surface area contributed by atoms with Crippen LogP contribution in [-0.4, -0.2) is 16.1 Å². The minimum Gasteiger partial charge on any atom is -0.486 e. The molecule has 0 aliphatic heterocycles. The highest BCUT2D eigenvalue weighted by Gasteiger charge is 2.15. The average Bonchev–Trinajstić information content (AvgIpc) is 2.53. The van der Waals surface area contributed by atoms with Crippen LogP contribution in [0.1, 0.15) is 16.1 Å². The average molecular weight is 279 g/mol. The number of aromatic nitrogens is 1. The minimum absolute atomic E-state index is 0.0652. The highest BCUT2D eigenvalue weighted by atomic mass is 16.5. The van der Waals surface area contributed by atoms with Gasteiger partial charge in [-0.25, -0.2) is 9.78 Å². The summed E-state index contributed by atoms with van der Waals surface area (Å²) in [6.45, 7) is 0.307. The lowest BCUT2D eigenvalue weighted by atomic mass is 10.2. The van der Waals surface area contributed by atoms with Crippen LogP contribution < -0.4 is 4.74 Å². The van der Waals surface area contributed by atoms with E-state index in [2.05, 4.69) is 4.98 Å². The minimum atomic E-state index is -1.09. The van der Waals surface area contributed by atoms with Crippen LogP contribution in [0.2, 0.25) is 0 Å². The number of fused-ring (bicyclic) bond motifs is 1. The first-order valence-corrected chi connectivity index (χ1v) is 6.54. The van der Waals surface area contributed by atoms with E-state index in [1.807, 2.05) is 48.5 Å². The van der Waals surface area contributed by atoms with Crippen LogP contribution in [0.25, 0.3) is 10.9 Å². The molecule has 0 unspecified atom stereocenters. The Hall–Kier alpha value is -2.88. The molecule has 0 fully saturated rings. The quantitative estimate of drug-likeness (QED) is 0.794. The first-order valence-electron chi connectivity index (χ1n) is 6.54. The van der Waals surface area contributed by atoms with Crippen LogP contribution in [0.5, 0.6) is 5.75 Å². The molecule has 0 aliphatic rings. The van der Waals surface area contributed by atoms with Gasteiger partial charge in [-0.3, -0.25) is 0 Å². The molecule has 0 amide bonds. The van der Waals surface area contributed by atoms with Gasteiger partial charge in [-0.05, 0) is 17.7 Å². The van der Waals surface area contributed by atoms with Crippen molar-refractivity contribution in [2.45, 2.75) is 6.61 Å². The van der Waals surface area contributed by atoms with Crippen molar-refractivity contribution in [2.24, 2.45) is 0 Å². The van der Waals surface area contributed by atoms with Gasteiger partial charge >= 0.3 is 5.97 Å². The first-order chi connectivity index (χ1) is 10.2. The van der Waals surface area contributed by atoms with Gasteiger partial charge in [0.1, 0.15) is 6.61 Å². The Kier molecular flexibility index (Phi) is 3.51. The highest BCUT2D eigenvalue weighted by Crippen LogP contribution is 2.24. The number of rotatable bonds is 4. The second kappa shape index (κ2) is 5.63. The van der Waals surface area contributed by atoms with Crippen molar-refractivity contribution in [1.29, 1.82) is 0 Å². The lowest BCUT2D eigenvalue weighted by Crippen LogP contribution is -2.06. The number of carboxylic acid groups (broad SMARTS) is 1. The Morgan fingerprint density at radius 3 is 2.52 bits per heavy atom. The van der Waals surface area contributed by atoms with Crippen molar-refractivity contribution >= 4 is 16.9 Å². The van der Waals surface area contributed by atoms with Gasteiger partial charge < -0.3 is 9.84 Å². The maximum atomic E-state index is 11.3. The zero-order valence-corrected chi connectivity index (χ0v) is 11.2. The number of aromatic carboxylic acids is 1. The summed E-state index contributed by atoms with van der Waals surface area (Å²) in [7, 11) is 0. The van der Waals surface area contributed by atoms with Crippen molar-refractivity contribution in [3.63, 3.8) is 0 Å². The molecule has 1 aromatic heterocycles. The van der Waals surface area contributed by atoms with E-state index in [0.717, 1.165) is 10.9 Å². The second-order valence-electron chi connectivity index (χ2n) is 4.61. The van der Waals surface area contributed by atoms with E-state index in [1.54, 1.807) is 12.1 Å². The summed E-state index contributed by atoms with van der Waals surface area (Å²) in [5.74, 6) is -0.811. The fourth-order valence-corrected chi connectivity index (χ4v) is 2.10. The number of ether oxygens (including phenoxy) is 1. The molecular formula is C17H13NO3. The van der Waals surface area contributed by atoms with E-state index in [-0.39, 0.29) is 11.4 Å². The standard InChI is InChI=1S/C17H13NO3/c19-17(20)16-15(21-11-12-6-2-1-3-7-12)10-13-8-4-5-9-14(13)18-16/h1-10H,11H2,(H,19,20). The SMILES string of the molecule is O=C(O)c1nc2ccccc2cc1OCc1ccccc1. The van der Waals surface area contributed by atoms with Crippen molar-refractivity contribution in [3.8, 4) is 5.75 Å². The monoisotopic (exact) mass is 279 g/mol. The summed E-state index contributed by atoms with van der Waals surface area (Å²) >= 11 is 0. The normalized spacial score (nSPS) is 10.5. The van der Waals surface area contributed by atoms with Gasteiger partial charge in [-0.15, -0.1) is 0 Å². The lowest BCUT2D eigenvalue weighted by Gasteiger charge is -2.10. The van der Waals surface area contributed by atoms with Crippen LogP contribution in [-0.2, 0) is 6.61 Å². The van der Waals surface area contributed by atoms with E-state index in [9.17, 15) is 9.90 Å². The van der Waals surface area contributed by atoms with Gasteiger partial charge in [0.15, 0.2) is 11.4 Å². The number of carboxylic acids is 1. The van der Waals surface area contributed by atoms with Crippen molar-refractivity contribution in [3.05, 3.63) is 71.9 Å². The molecule has 0 spiro atoms. The van der Waals surface area contributed by atoms with Crippen LogP contribution in [0.15, 0.2) is 60.7 Å². The van der Waals surface area contributed by atoms with E-state index < -0.39 is 5.97 Å². The molecule has 0 atom stereocenters. The number of carbonyl (C=O) groups is 1. The first kappa shape index (κ1) is 13.1. The third-order valence-electron chi connectivity index (χ3n) is 3.13. The largest absolute Gasteiger partial charge is 0.486 e. The van der Waals surface area contributed by atoms with Gasteiger partial charge in [0.2, 0.25) is 0 Å². The van der Waals surface area contributed by atoms with Gasteiger partial charge in [0.05, 0.1) is 5.52 Å². The summed E-state index contributed by atoms with van der Waals surface area (Å²) in [6.07, 6.45) is 0. The van der Waals surface area contributed by atoms with Crippen LogP contribution >= 0.6 is 0 Å². The number of pyridine rings is 1. The van der Waals surface area contributed by atoms with Crippen molar-refractivity contribution in [2.75, 3.05) is 0 Å². The smallest absolute Gasteiger partial charge is 0.358 e. The molecule has 21 heavy (non-hydrogen) atoms. The van der Waals surface area contributed by atoms with E-state index >= 15 is 0 Å². The summed E-state index contributed by atoms with van der Waals surface area (Å²) < 4.78 is 5.65. The molecule has 104 valence electrons. The molecule has 0 saturated heterocycles. The Morgan fingerprint density at radius 2 is 1.76 bits per heavy atom. The van der Waals surface area contributed by atoms with Crippen molar-refractivity contribution in [1.82, 2.24) is 4.98 Å². The maximum Gasteiger partial charge on any atom is 0.358 e. The Labute approximate surface area is 121 Å². The van der Waals surface area contributed by atoms with Crippen LogP contribution in [0.4, 0.5) is 0 Å². The Balaban J connectivity index is 1.96. The zero-order valence-electron chi connectivity index (χ0n) is 11.2. The molecule has 4 nitrogen and oxygen atoms in total. The summed E-state index contributed by atoms with van der Waals surface area (Å²) in [6, 6.07) is 18.7. The third kappa shape index (κ3) is 2.84. The number of benzene rings is 2. The molecule has 3 aromatic rings. The molecule has 1 N–H and O–H groups in total. The van der Waals surface area contributed by atoms with Gasteiger partial charge in [0.25, 0.3) is 0 Å². The predicted molar refractivity (Wildman–Crippen MR) is 79.5 cm³/mol. The highest BCUT2D eigenvalue weighted by molar-refractivity contribution is 5.93. The molecule has 3 rings (SSSR count). The Morgan fingerprint density at radius 1 is 1.05 bits per heavy atom. The number of hydrogen-bond donors (Lipinski definition) is 1. The van der Waals surface area contributed by atoms with Gasteiger partial charge in [0, 0.05) is 5.39 Å². The van der Waals surface area contributed by atoms with Crippen LogP contribution in [0, 0.1) is 0 Å². The summed E-state index contributed by atoms with van der Waals surface area (Å²) in [5, 5.41) is 10.1. The van der Waals surface area contributed by atoms with E-state index in [0.29, 0.717) is 12.1 Å². The third-order valence-corrected chi connectivity index (χ3v) is 3.13. The van der Waals surface area contributed by atoms with Crippen LogP contribution in [0.3, 0.4) is 0 Å². The summed E-state index contributed by atoms with van der Waals surface area (Å²) in [5.41, 5.74) is 1.55. The lowest BCUT2D eigenvalue weighted by molar-refractivity contribution is 0.0685. The fraction of sp³-hybridized carbons (Fsp3) is 0.0588. The number of para-hydroxylation sites is 1. The zero-order chi connectivity index (χ0) is 14.7. The molecule has 2 aromatic carbocycles. The molecular weight excluding hydrogens is 266 g/mol. The molecule has 0 radical (unpaired) electrons. The Bertz CT molecular complexity index is 784. The van der Waals surface area contributed by atoms with E-state index in [1.165, 1.54) is 0 Å². The summed E-state index contributed by atoms with van der Waals surface area (Å²) in [4.78, 5) is 15.5. The van der Waals surface area contributed by atoms with Gasteiger partial charge in [-0.1, -0.05) is 48.5 Å². The predicted octanol–water partition coefficient (Wildman–Crippen LogP) is 3.51. The molecule has 1 heterocycles.